The van der Waals surface area contributed by atoms with Gasteiger partial charge < -0.3 is 15.0 Å². The Morgan fingerprint density at radius 1 is 1.06 bits per heavy atom. The number of nitrogens with zero attached hydrogens (tertiary/aromatic N) is 4. The number of rotatable bonds is 6. The SMILES string of the molecule is CCNC(=NCC1(N2CCCC2)CCOCC1)N1CCN(Cc2cccc(C)c2)CC1. The Hall–Kier alpha value is -1.63. The van der Waals surface area contributed by atoms with Crippen molar-refractivity contribution in [2.75, 3.05) is 65.6 Å². The van der Waals surface area contributed by atoms with Gasteiger partial charge in [0.2, 0.25) is 0 Å². The van der Waals surface area contributed by atoms with Crippen LogP contribution in [-0.4, -0.2) is 91.8 Å². The van der Waals surface area contributed by atoms with Crippen LogP contribution in [0, 0.1) is 6.92 Å². The van der Waals surface area contributed by atoms with Crippen LogP contribution in [-0.2, 0) is 11.3 Å². The summed E-state index contributed by atoms with van der Waals surface area (Å²) in [4.78, 5) is 13.0. The van der Waals surface area contributed by atoms with Gasteiger partial charge in [0.15, 0.2) is 5.96 Å². The van der Waals surface area contributed by atoms with Gasteiger partial charge in [-0.3, -0.25) is 14.8 Å². The molecule has 4 rings (SSSR count). The summed E-state index contributed by atoms with van der Waals surface area (Å²) in [6.45, 7) is 15.7. The van der Waals surface area contributed by atoms with E-state index >= 15 is 0 Å². The van der Waals surface area contributed by atoms with Crippen LogP contribution in [0.5, 0.6) is 0 Å². The molecule has 3 aliphatic rings. The molecule has 0 saturated carbocycles. The number of benzene rings is 1. The summed E-state index contributed by atoms with van der Waals surface area (Å²) in [5, 5.41) is 3.58. The lowest BCUT2D eigenvalue weighted by Crippen LogP contribution is -2.55. The van der Waals surface area contributed by atoms with Gasteiger partial charge in [-0.2, -0.15) is 0 Å². The molecule has 0 radical (unpaired) electrons. The molecule has 0 amide bonds. The van der Waals surface area contributed by atoms with E-state index < -0.39 is 0 Å². The molecule has 1 N–H and O–H groups in total. The Balaban J connectivity index is 1.37. The molecule has 31 heavy (non-hydrogen) atoms. The molecule has 172 valence electrons. The maximum atomic E-state index is 5.72. The predicted molar refractivity (Wildman–Crippen MR) is 128 cm³/mol. The molecule has 3 aliphatic heterocycles. The van der Waals surface area contributed by atoms with Crippen molar-refractivity contribution in [3.8, 4) is 0 Å². The third-order valence-corrected chi connectivity index (χ3v) is 7.22. The van der Waals surface area contributed by atoms with Gasteiger partial charge in [-0.1, -0.05) is 29.8 Å². The number of guanidine groups is 1. The highest BCUT2D eigenvalue weighted by atomic mass is 16.5. The molecule has 3 fully saturated rings. The number of aryl methyl sites for hydroxylation is 1. The number of ether oxygens (including phenoxy) is 1. The maximum absolute atomic E-state index is 5.72. The molecule has 3 heterocycles. The molecule has 0 atom stereocenters. The minimum absolute atomic E-state index is 0.197. The summed E-state index contributed by atoms with van der Waals surface area (Å²) in [6.07, 6.45) is 4.88. The summed E-state index contributed by atoms with van der Waals surface area (Å²) in [7, 11) is 0. The zero-order chi connectivity index (χ0) is 21.5. The minimum atomic E-state index is 0.197. The Morgan fingerprint density at radius 2 is 1.81 bits per heavy atom. The highest BCUT2D eigenvalue weighted by molar-refractivity contribution is 5.80. The van der Waals surface area contributed by atoms with Crippen molar-refractivity contribution in [2.24, 2.45) is 4.99 Å². The van der Waals surface area contributed by atoms with E-state index in [1.807, 2.05) is 0 Å². The zero-order valence-corrected chi connectivity index (χ0v) is 19.6. The van der Waals surface area contributed by atoms with E-state index in [0.717, 1.165) is 77.8 Å². The van der Waals surface area contributed by atoms with E-state index in [0.29, 0.717) is 0 Å². The van der Waals surface area contributed by atoms with E-state index in [2.05, 4.69) is 58.1 Å². The average molecular weight is 428 g/mol. The van der Waals surface area contributed by atoms with Crippen LogP contribution < -0.4 is 5.32 Å². The first-order valence-corrected chi connectivity index (χ1v) is 12.3. The highest BCUT2D eigenvalue weighted by Gasteiger charge is 2.39. The van der Waals surface area contributed by atoms with Gasteiger partial charge in [0.05, 0.1) is 6.54 Å². The summed E-state index contributed by atoms with van der Waals surface area (Å²) in [6, 6.07) is 8.90. The second-order valence-electron chi connectivity index (χ2n) is 9.45. The fourth-order valence-corrected chi connectivity index (χ4v) is 5.35. The number of hydrogen-bond donors (Lipinski definition) is 1. The van der Waals surface area contributed by atoms with E-state index in [1.54, 1.807) is 0 Å². The fourth-order valence-electron chi connectivity index (χ4n) is 5.35. The van der Waals surface area contributed by atoms with Crippen molar-refractivity contribution in [3.05, 3.63) is 35.4 Å². The number of nitrogens with one attached hydrogen (secondary N) is 1. The van der Waals surface area contributed by atoms with Crippen LogP contribution in [0.2, 0.25) is 0 Å². The monoisotopic (exact) mass is 427 g/mol. The van der Waals surface area contributed by atoms with Crippen LogP contribution >= 0.6 is 0 Å². The van der Waals surface area contributed by atoms with Gasteiger partial charge in [0.1, 0.15) is 0 Å². The van der Waals surface area contributed by atoms with Crippen molar-refractivity contribution in [1.82, 2.24) is 20.0 Å². The summed E-state index contributed by atoms with van der Waals surface area (Å²) < 4.78 is 5.72. The largest absolute Gasteiger partial charge is 0.381 e. The van der Waals surface area contributed by atoms with Gasteiger partial charge in [0.25, 0.3) is 0 Å². The Morgan fingerprint density at radius 3 is 2.48 bits per heavy atom. The smallest absolute Gasteiger partial charge is 0.194 e. The molecule has 6 nitrogen and oxygen atoms in total. The molecule has 0 unspecified atom stereocenters. The summed E-state index contributed by atoms with van der Waals surface area (Å²) in [5.41, 5.74) is 2.96. The summed E-state index contributed by atoms with van der Waals surface area (Å²) in [5.74, 6) is 1.10. The van der Waals surface area contributed by atoms with E-state index in [1.165, 1.54) is 37.1 Å². The zero-order valence-electron chi connectivity index (χ0n) is 19.6. The molecule has 0 aromatic heterocycles. The van der Waals surface area contributed by atoms with E-state index in [-0.39, 0.29) is 5.54 Å². The Kier molecular flexibility index (Phi) is 7.86. The van der Waals surface area contributed by atoms with Gasteiger partial charge in [-0.15, -0.1) is 0 Å². The normalized spacial score (nSPS) is 23.3. The molecule has 0 bridgehead atoms. The molecule has 1 aromatic rings. The van der Waals surface area contributed by atoms with Crippen LogP contribution in [0.4, 0.5) is 0 Å². The number of piperazine rings is 1. The topological polar surface area (TPSA) is 43.3 Å². The first-order valence-electron chi connectivity index (χ1n) is 12.3. The third kappa shape index (κ3) is 5.79. The lowest BCUT2D eigenvalue weighted by molar-refractivity contribution is -0.0140. The fraction of sp³-hybridized carbons (Fsp3) is 0.720. The molecular weight excluding hydrogens is 386 g/mol. The van der Waals surface area contributed by atoms with Crippen LogP contribution in [0.1, 0.15) is 43.7 Å². The Bertz CT molecular complexity index is 716. The molecule has 6 heteroatoms. The quantitative estimate of drug-likeness (QED) is 0.559. The molecule has 3 saturated heterocycles. The van der Waals surface area contributed by atoms with Crippen LogP contribution in [0.3, 0.4) is 0 Å². The van der Waals surface area contributed by atoms with Gasteiger partial charge in [-0.25, -0.2) is 0 Å². The van der Waals surface area contributed by atoms with E-state index in [9.17, 15) is 0 Å². The lowest BCUT2D eigenvalue weighted by Gasteiger charge is -2.44. The lowest BCUT2D eigenvalue weighted by atomic mass is 9.88. The van der Waals surface area contributed by atoms with E-state index in [4.69, 9.17) is 9.73 Å². The number of aliphatic imine (C=N–C) groups is 1. The second kappa shape index (κ2) is 10.8. The Labute approximate surface area is 188 Å². The summed E-state index contributed by atoms with van der Waals surface area (Å²) >= 11 is 0. The predicted octanol–water partition coefficient (Wildman–Crippen LogP) is 2.72. The molecule has 1 aromatic carbocycles. The molecule has 0 spiro atoms. The van der Waals surface area contributed by atoms with Crippen LogP contribution in [0.25, 0.3) is 0 Å². The molecule has 0 aliphatic carbocycles. The third-order valence-electron chi connectivity index (χ3n) is 7.22. The van der Waals surface area contributed by atoms with Crippen molar-refractivity contribution in [1.29, 1.82) is 0 Å². The number of likely N-dealkylation sites (tertiary alicyclic amines) is 1. The second-order valence-corrected chi connectivity index (χ2v) is 9.45. The standard InChI is InChI=1S/C25H41N5O/c1-3-26-24(27-21-25(9-17-31-18-10-25)30-11-4-5-12-30)29-15-13-28(14-16-29)20-23-8-6-7-22(2)19-23/h6-8,19H,3-5,9-18,20-21H2,1-2H3,(H,26,27). The van der Waals surface area contributed by atoms with Crippen molar-refractivity contribution in [2.45, 2.75) is 51.6 Å². The molecular formula is C25H41N5O. The maximum Gasteiger partial charge on any atom is 0.194 e. The minimum Gasteiger partial charge on any atom is -0.381 e. The van der Waals surface area contributed by atoms with Crippen molar-refractivity contribution < 1.29 is 4.74 Å². The van der Waals surface area contributed by atoms with Gasteiger partial charge in [-0.05, 0) is 58.2 Å². The van der Waals surface area contributed by atoms with Gasteiger partial charge >= 0.3 is 0 Å². The first-order chi connectivity index (χ1) is 15.2. The van der Waals surface area contributed by atoms with Gasteiger partial charge in [0, 0.05) is 58.0 Å². The van der Waals surface area contributed by atoms with Crippen molar-refractivity contribution in [3.63, 3.8) is 0 Å². The average Bonchev–Trinajstić information content (AvgIpc) is 3.34. The first kappa shape index (κ1) is 22.6. The van der Waals surface area contributed by atoms with Crippen molar-refractivity contribution >= 4 is 5.96 Å². The van der Waals surface area contributed by atoms with Crippen LogP contribution in [0.15, 0.2) is 29.3 Å². The number of hydrogen-bond acceptors (Lipinski definition) is 4. The highest BCUT2D eigenvalue weighted by Crippen LogP contribution is 2.31.